The zero-order valence-electron chi connectivity index (χ0n) is 25.6. The summed E-state index contributed by atoms with van der Waals surface area (Å²) in [7, 11) is 3.12. The number of carbonyl (C=O) groups is 2. The Balaban J connectivity index is 1.42. The second-order valence-electron chi connectivity index (χ2n) is 12.4. The Labute approximate surface area is 248 Å². The maximum Gasteiger partial charge on any atom is 0.249 e. The van der Waals surface area contributed by atoms with E-state index >= 15 is 0 Å². The first-order valence-corrected chi connectivity index (χ1v) is 14.4. The Bertz CT molecular complexity index is 1610. The molecular formula is C35H41N3O4. The first-order chi connectivity index (χ1) is 20.0. The number of amides is 2. The summed E-state index contributed by atoms with van der Waals surface area (Å²) < 4.78 is 10.8. The summed E-state index contributed by atoms with van der Waals surface area (Å²) >= 11 is 0. The van der Waals surface area contributed by atoms with Gasteiger partial charge in [0.2, 0.25) is 11.8 Å². The van der Waals surface area contributed by atoms with Crippen molar-refractivity contribution in [3.05, 3.63) is 89.6 Å². The number of rotatable bonds is 10. The fraction of sp³-hybridized carbons (Fsp3) is 0.371. The second kappa shape index (κ2) is 11.2. The molecule has 0 unspecified atom stereocenters. The number of nitrogens with one attached hydrogen (secondary N) is 2. The number of H-pyrrole nitrogens is 1. The number of hydrogen-bond donors (Lipinski definition) is 2. The molecular weight excluding hydrogens is 526 g/mol. The zero-order chi connectivity index (χ0) is 30.2. The van der Waals surface area contributed by atoms with Crippen LogP contribution in [0.3, 0.4) is 0 Å². The van der Waals surface area contributed by atoms with Crippen LogP contribution in [0.1, 0.15) is 56.9 Å². The lowest BCUT2D eigenvalue weighted by atomic mass is 9.97. The highest BCUT2D eigenvalue weighted by Crippen LogP contribution is 2.67. The maximum atomic E-state index is 14.3. The quantitative estimate of drug-likeness (QED) is 0.215. The SMILES string of the molecule is COc1ccc(NC(=O)C(C)(C)N(Cc2ccccc2)C(=O)C[C@H]2[C@H](c3c(C)[nH]c4ccccc34)C2(C)C)c(OC)c1. The van der Waals surface area contributed by atoms with Crippen LogP contribution in [0.2, 0.25) is 0 Å². The highest BCUT2D eigenvalue weighted by atomic mass is 16.5. The van der Waals surface area contributed by atoms with Crippen molar-refractivity contribution in [2.24, 2.45) is 11.3 Å². The van der Waals surface area contributed by atoms with E-state index in [4.69, 9.17) is 9.47 Å². The van der Waals surface area contributed by atoms with Crippen LogP contribution in [0.15, 0.2) is 72.8 Å². The number of aryl methyl sites for hydroxylation is 1. The van der Waals surface area contributed by atoms with Crippen LogP contribution in [0, 0.1) is 18.3 Å². The van der Waals surface area contributed by atoms with Crippen LogP contribution >= 0.6 is 0 Å². The number of hydrogen-bond acceptors (Lipinski definition) is 4. The van der Waals surface area contributed by atoms with Gasteiger partial charge in [0.05, 0.1) is 19.9 Å². The summed E-state index contributed by atoms with van der Waals surface area (Å²) in [5.74, 6) is 1.17. The molecule has 0 radical (unpaired) electrons. The summed E-state index contributed by atoms with van der Waals surface area (Å²) in [6, 6.07) is 23.4. The van der Waals surface area contributed by atoms with Crippen LogP contribution in [0.25, 0.3) is 10.9 Å². The molecule has 7 heteroatoms. The van der Waals surface area contributed by atoms with E-state index in [1.165, 1.54) is 10.9 Å². The Hall–Kier alpha value is -4.26. The van der Waals surface area contributed by atoms with Gasteiger partial charge >= 0.3 is 0 Å². The van der Waals surface area contributed by atoms with E-state index in [1.54, 1.807) is 51.2 Å². The third kappa shape index (κ3) is 5.36. The molecule has 1 aliphatic rings. The predicted octanol–water partition coefficient (Wildman–Crippen LogP) is 7.07. The number of aromatic nitrogens is 1. The number of benzene rings is 3. The van der Waals surface area contributed by atoms with Crippen LogP contribution in [0.4, 0.5) is 5.69 Å². The van der Waals surface area contributed by atoms with Crippen molar-refractivity contribution in [2.75, 3.05) is 19.5 Å². The summed E-state index contributed by atoms with van der Waals surface area (Å²) in [5.41, 5.74) is 3.85. The summed E-state index contributed by atoms with van der Waals surface area (Å²) in [6.07, 6.45) is 0.353. The second-order valence-corrected chi connectivity index (χ2v) is 12.4. The molecule has 42 heavy (non-hydrogen) atoms. The molecule has 1 heterocycles. The van der Waals surface area contributed by atoms with E-state index in [2.05, 4.69) is 49.3 Å². The molecule has 220 valence electrons. The van der Waals surface area contributed by atoms with Crippen molar-refractivity contribution in [1.82, 2.24) is 9.88 Å². The molecule has 0 spiro atoms. The minimum absolute atomic E-state index is 0.0428. The zero-order valence-corrected chi connectivity index (χ0v) is 25.6. The molecule has 1 aliphatic carbocycles. The molecule has 0 bridgehead atoms. The van der Waals surface area contributed by atoms with Crippen LogP contribution in [-0.2, 0) is 16.1 Å². The van der Waals surface area contributed by atoms with Crippen LogP contribution in [0.5, 0.6) is 11.5 Å². The predicted molar refractivity (Wildman–Crippen MR) is 167 cm³/mol. The highest BCUT2D eigenvalue weighted by molar-refractivity contribution is 6.01. The van der Waals surface area contributed by atoms with Gasteiger partial charge in [-0.25, -0.2) is 0 Å². The van der Waals surface area contributed by atoms with Gasteiger partial charge in [-0.1, -0.05) is 62.4 Å². The Morgan fingerprint density at radius 1 is 0.976 bits per heavy atom. The topological polar surface area (TPSA) is 83.7 Å². The van der Waals surface area contributed by atoms with Gasteiger partial charge in [0.15, 0.2) is 0 Å². The molecule has 4 aromatic rings. The number of nitrogens with zero attached hydrogens (tertiary/aromatic N) is 1. The van der Waals surface area contributed by atoms with E-state index < -0.39 is 5.54 Å². The van der Waals surface area contributed by atoms with Gasteiger partial charge in [-0.2, -0.15) is 0 Å². The lowest BCUT2D eigenvalue weighted by Gasteiger charge is -2.38. The van der Waals surface area contributed by atoms with Gasteiger partial charge in [-0.3, -0.25) is 9.59 Å². The van der Waals surface area contributed by atoms with Crippen molar-refractivity contribution in [3.8, 4) is 11.5 Å². The molecule has 0 saturated heterocycles. The molecule has 2 amide bonds. The molecule has 0 aliphatic heterocycles. The summed E-state index contributed by atoms with van der Waals surface area (Å²) in [5, 5.41) is 4.22. The smallest absolute Gasteiger partial charge is 0.249 e. The van der Waals surface area contributed by atoms with Crippen molar-refractivity contribution in [3.63, 3.8) is 0 Å². The minimum atomic E-state index is -1.15. The van der Waals surface area contributed by atoms with Crippen molar-refractivity contribution in [2.45, 2.75) is 59.0 Å². The van der Waals surface area contributed by atoms with Gasteiger partial charge in [-0.15, -0.1) is 0 Å². The van der Waals surface area contributed by atoms with Gasteiger partial charge < -0.3 is 24.7 Å². The summed E-state index contributed by atoms with van der Waals surface area (Å²) in [4.78, 5) is 33.4. The molecule has 1 saturated carbocycles. The number of fused-ring (bicyclic) bond motifs is 1. The Kier molecular flexibility index (Phi) is 7.80. The van der Waals surface area contributed by atoms with Crippen LogP contribution < -0.4 is 14.8 Å². The Morgan fingerprint density at radius 3 is 2.36 bits per heavy atom. The molecule has 7 nitrogen and oxygen atoms in total. The van der Waals surface area contributed by atoms with Crippen molar-refractivity contribution < 1.29 is 19.1 Å². The molecule has 2 atom stereocenters. The number of para-hydroxylation sites is 1. The third-order valence-electron chi connectivity index (χ3n) is 9.07. The summed E-state index contributed by atoms with van der Waals surface area (Å²) in [6.45, 7) is 10.5. The normalized spacial score (nSPS) is 17.5. The number of anilines is 1. The first kappa shape index (κ1) is 29.2. The molecule has 5 rings (SSSR count). The minimum Gasteiger partial charge on any atom is -0.497 e. The molecule has 1 fully saturated rings. The molecule has 3 aromatic carbocycles. The number of methoxy groups -OCH3 is 2. The first-order valence-electron chi connectivity index (χ1n) is 14.4. The number of aromatic amines is 1. The van der Waals surface area contributed by atoms with Crippen molar-refractivity contribution >= 4 is 28.4 Å². The highest BCUT2D eigenvalue weighted by Gasteiger charge is 2.60. The largest absolute Gasteiger partial charge is 0.497 e. The van der Waals surface area contributed by atoms with Gasteiger partial charge in [0, 0.05) is 35.6 Å². The number of ether oxygens (including phenoxy) is 2. The monoisotopic (exact) mass is 567 g/mol. The van der Waals surface area contributed by atoms with Gasteiger partial charge in [-0.05, 0) is 67.3 Å². The lowest BCUT2D eigenvalue weighted by Crippen LogP contribution is -2.54. The average Bonchev–Trinajstić information content (AvgIpc) is 3.32. The van der Waals surface area contributed by atoms with E-state index in [9.17, 15) is 9.59 Å². The average molecular weight is 568 g/mol. The van der Waals surface area contributed by atoms with E-state index in [-0.39, 0.29) is 29.1 Å². The van der Waals surface area contributed by atoms with Gasteiger partial charge in [0.25, 0.3) is 0 Å². The fourth-order valence-electron chi connectivity index (χ4n) is 6.36. The molecule has 1 aromatic heterocycles. The lowest BCUT2D eigenvalue weighted by molar-refractivity contribution is -0.145. The molecule has 2 N–H and O–H groups in total. The standard InChI is InChI=1S/C35H41N3O4/c1-22-31(25-15-11-12-16-27(25)36-22)32-26(34(32,2)3)20-30(39)38(21-23-13-9-8-10-14-23)35(4,5)33(40)37-28-18-17-24(41-6)19-29(28)42-7/h8-19,26,32,36H,20-21H2,1-7H3,(H,37,40)/t26-,32+/m0/s1. The van der Waals surface area contributed by atoms with E-state index in [1.807, 2.05) is 36.4 Å². The van der Waals surface area contributed by atoms with Gasteiger partial charge in [0.1, 0.15) is 17.0 Å². The van der Waals surface area contributed by atoms with Crippen LogP contribution in [-0.4, -0.2) is 41.5 Å². The number of carbonyl (C=O) groups excluding carboxylic acids is 2. The van der Waals surface area contributed by atoms with E-state index in [0.29, 0.717) is 30.2 Å². The maximum absolute atomic E-state index is 14.3. The third-order valence-corrected chi connectivity index (χ3v) is 9.07. The Morgan fingerprint density at radius 2 is 1.67 bits per heavy atom. The van der Waals surface area contributed by atoms with E-state index in [0.717, 1.165) is 16.8 Å². The fourth-order valence-corrected chi connectivity index (χ4v) is 6.36. The van der Waals surface area contributed by atoms with Crippen molar-refractivity contribution in [1.29, 1.82) is 0 Å².